The Morgan fingerprint density at radius 1 is 0.957 bits per heavy atom. The summed E-state index contributed by atoms with van der Waals surface area (Å²) in [5.41, 5.74) is -4.88. The van der Waals surface area contributed by atoms with Crippen molar-refractivity contribution >= 4 is 18.0 Å². The van der Waals surface area contributed by atoms with Crippen LogP contribution in [0.25, 0.3) is 0 Å². The number of carbonyl (C=O) groups excluding carboxylic acids is 3. The van der Waals surface area contributed by atoms with Gasteiger partial charge in [-0.2, -0.15) is 26.3 Å². The molecule has 0 unspecified atom stereocenters. The van der Waals surface area contributed by atoms with E-state index in [2.05, 4.69) is 5.32 Å². The van der Waals surface area contributed by atoms with Crippen molar-refractivity contribution in [2.75, 3.05) is 40.6 Å². The minimum Gasteiger partial charge on any atom is -0.427 e. The van der Waals surface area contributed by atoms with Crippen molar-refractivity contribution in [3.05, 3.63) is 70.8 Å². The Kier molecular flexibility index (Phi) is 10.3. The molecule has 0 saturated carbocycles. The van der Waals surface area contributed by atoms with Crippen molar-refractivity contribution in [3.8, 4) is 0 Å². The number of carbonyl (C=O) groups is 3. The second kappa shape index (κ2) is 13.5. The van der Waals surface area contributed by atoms with Crippen LogP contribution in [0.5, 0.6) is 0 Å². The monoisotopic (exact) mass is 659 g/mol. The summed E-state index contributed by atoms with van der Waals surface area (Å²) in [6.07, 6.45) is -11.0. The predicted molar refractivity (Wildman–Crippen MR) is 151 cm³/mol. The molecule has 0 radical (unpaired) electrons. The molecular formula is C31H35F6N3O6. The summed E-state index contributed by atoms with van der Waals surface area (Å²) < 4.78 is 97.7. The normalized spacial score (nSPS) is 22.6. The average molecular weight is 660 g/mol. The van der Waals surface area contributed by atoms with Gasteiger partial charge in [0.15, 0.2) is 0 Å². The molecule has 2 amide bonds. The molecule has 0 bridgehead atoms. The fourth-order valence-corrected chi connectivity index (χ4v) is 5.82. The molecule has 0 aromatic heterocycles. The summed E-state index contributed by atoms with van der Waals surface area (Å²) in [7, 11) is 3.30. The van der Waals surface area contributed by atoms with Crippen LogP contribution in [0, 0.1) is 0 Å². The number of esters is 1. The number of nitrogens with one attached hydrogen (secondary N) is 1. The lowest BCUT2D eigenvalue weighted by Gasteiger charge is -2.52. The van der Waals surface area contributed by atoms with E-state index in [0.717, 1.165) is 0 Å². The molecule has 252 valence electrons. The third-order valence-corrected chi connectivity index (χ3v) is 8.26. The van der Waals surface area contributed by atoms with Gasteiger partial charge in [-0.25, -0.2) is 4.79 Å². The number of amides is 2. The first kappa shape index (κ1) is 35.0. The smallest absolute Gasteiger partial charge is 0.416 e. The minimum absolute atomic E-state index is 0.0429. The molecular weight excluding hydrogens is 624 g/mol. The molecule has 2 aliphatic heterocycles. The second-order valence-electron chi connectivity index (χ2n) is 11.9. The van der Waals surface area contributed by atoms with E-state index in [9.17, 15) is 40.7 Å². The average Bonchev–Trinajstić information content (AvgIpc) is 3.34. The summed E-state index contributed by atoms with van der Waals surface area (Å²) in [6.45, 7) is 0.144. The molecule has 2 aliphatic rings. The first-order valence-corrected chi connectivity index (χ1v) is 14.5. The summed E-state index contributed by atoms with van der Waals surface area (Å²) in [4.78, 5) is 40.9. The number of alkyl halides is 6. The van der Waals surface area contributed by atoms with E-state index in [4.69, 9.17) is 14.2 Å². The fraction of sp³-hybridized carbons (Fsp3) is 0.516. The SMILES string of the molecule is C[C@@H](OC[C@@]1(c2ccccc2)CC[C@]2(CCC(=O)N2)CN1C(=O)OCOC(=O)CN(C)C)c1cc(C(F)(F)F)cc(C(F)(F)F)c1. The highest BCUT2D eigenvalue weighted by atomic mass is 19.4. The number of ether oxygens (including phenoxy) is 3. The zero-order chi connectivity index (χ0) is 33.9. The second-order valence-corrected chi connectivity index (χ2v) is 11.9. The predicted octanol–water partition coefficient (Wildman–Crippen LogP) is 5.64. The summed E-state index contributed by atoms with van der Waals surface area (Å²) >= 11 is 0. The maximum absolute atomic E-state index is 13.7. The van der Waals surface area contributed by atoms with Crippen molar-refractivity contribution in [2.45, 2.75) is 62.1 Å². The van der Waals surface area contributed by atoms with E-state index < -0.39 is 59.5 Å². The third kappa shape index (κ3) is 8.10. The number of halogens is 6. The van der Waals surface area contributed by atoms with Crippen LogP contribution in [0.3, 0.4) is 0 Å². The van der Waals surface area contributed by atoms with Gasteiger partial charge in [0.05, 0.1) is 41.5 Å². The van der Waals surface area contributed by atoms with Crippen LogP contribution in [0.2, 0.25) is 0 Å². The van der Waals surface area contributed by atoms with E-state index in [1.807, 2.05) is 0 Å². The van der Waals surface area contributed by atoms with Crippen LogP contribution >= 0.6 is 0 Å². The molecule has 9 nitrogen and oxygen atoms in total. The zero-order valence-corrected chi connectivity index (χ0v) is 25.5. The molecule has 4 rings (SSSR count). The Balaban J connectivity index is 1.67. The van der Waals surface area contributed by atoms with E-state index in [0.29, 0.717) is 30.5 Å². The molecule has 1 spiro atoms. The van der Waals surface area contributed by atoms with Gasteiger partial charge in [-0.15, -0.1) is 0 Å². The van der Waals surface area contributed by atoms with Gasteiger partial charge in [0.25, 0.3) is 0 Å². The highest BCUT2D eigenvalue weighted by Crippen LogP contribution is 2.45. The Hall–Kier alpha value is -3.85. The molecule has 2 aromatic carbocycles. The minimum atomic E-state index is -5.04. The number of benzene rings is 2. The Morgan fingerprint density at radius 3 is 2.13 bits per heavy atom. The first-order chi connectivity index (χ1) is 21.4. The molecule has 2 fully saturated rings. The number of likely N-dealkylation sites (tertiary alicyclic amines) is 1. The first-order valence-electron chi connectivity index (χ1n) is 14.5. The molecule has 0 aliphatic carbocycles. The Bertz CT molecular complexity index is 1390. The topological polar surface area (TPSA) is 97.4 Å². The van der Waals surface area contributed by atoms with Crippen LogP contribution < -0.4 is 5.32 Å². The van der Waals surface area contributed by atoms with Crippen LogP contribution in [0.1, 0.15) is 61.0 Å². The highest BCUT2D eigenvalue weighted by Gasteiger charge is 2.54. The van der Waals surface area contributed by atoms with E-state index in [1.54, 1.807) is 49.3 Å². The number of rotatable bonds is 9. The number of hydrogen-bond donors (Lipinski definition) is 1. The van der Waals surface area contributed by atoms with Gasteiger partial charge in [-0.1, -0.05) is 30.3 Å². The number of nitrogens with zero attached hydrogens (tertiary/aromatic N) is 2. The van der Waals surface area contributed by atoms with Gasteiger partial charge < -0.3 is 19.5 Å². The van der Waals surface area contributed by atoms with Crippen LogP contribution in [0.15, 0.2) is 48.5 Å². The molecule has 15 heteroatoms. The summed E-state index contributed by atoms with van der Waals surface area (Å²) in [5.74, 6) is -0.852. The molecule has 2 saturated heterocycles. The van der Waals surface area contributed by atoms with Gasteiger partial charge in [0.2, 0.25) is 12.7 Å². The summed E-state index contributed by atoms with van der Waals surface area (Å²) in [5, 5.41) is 2.94. The molecule has 3 atom stereocenters. The van der Waals surface area contributed by atoms with Crippen LogP contribution in [-0.2, 0) is 41.7 Å². The highest BCUT2D eigenvalue weighted by molar-refractivity contribution is 5.80. The van der Waals surface area contributed by atoms with Crippen molar-refractivity contribution < 1.29 is 54.9 Å². The maximum atomic E-state index is 13.7. The van der Waals surface area contributed by atoms with Crippen molar-refractivity contribution in [1.29, 1.82) is 0 Å². The van der Waals surface area contributed by atoms with Crippen LogP contribution in [0.4, 0.5) is 31.1 Å². The van der Waals surface area contributed by atoms with E-state index in [1.165, 1.54) is 11.8 Å². The van der Waals surface area contributed by atoms with Crippen molar-refractivity contribution in [2.24, 2.45) is 0 Å². The van der Waals surface area contributed by atoms with Gasteiger partial charge in [-0.05, 0) is 69.6 Å². The lowest BCUT2D eigenvalue weighted by Crippen LogP contribution is -2.65. The number of hydrogen-bond acceptors (Lipinski definition) is 7. The van der Waals surface area contributed by atoms with Gasteiger partial charge in [-0.3, -0.25) is 19.4 Å². The third-order valence-electron chi connectivity index (χ3n) is 8.26. The quantitative estimate of drug-likeness (QED) is 0.212. The van der Waals surface area contributed by atoms with Gasteiger partial charge >= 0.3 is 24.4 Å². The standard InChI is InChI=1S/C31H35F6N3O6/c1-20(21-13-23(30(32,33)34)15-24(14-21)31(35,36)37)44-18-29(22-7-5-4-6-8-22)12-11-28(10-9-25(41)38-28)17-40(29)27(43)46-19-45-26(42)16-39(2)3/h4-8,13-15,20H,9-12,16-19H2,1-3H3,(H,38,41)/t20-,28-,29-/m1/s1. The van der Waals surface area contributed by atoms with Crippen molar-refractivity contribution in [3.63, 3.8) is 0 Å². The Morgan fingerprint density at radius 2 is 1.59 bits per heavy atom. The Labute approximate surface area is 261 Å². The molecule has 46 heavy (non-hydrogen) atoms. The number of likely N-dealkylation sites (N-methyl/N-ethyl adjacent to an activating group) is 1. The van der Waals surface area contributed by atoms with Crippen molar-refractivity contribution in [1.82, 2.24) is 15.1 Å². The van der Waals surface area contributed by atoms with Gasteiger partial charge in [0.1, 0.15) is 0 Å². The van der Waals surface area contributed by atoms with Crippen LogP contribution in [-0.4, -0.2) is 73.9 Å². The zero-order valence-electron chi connectivity index (χ0n) is 25.5. The lowest BCUT2D eigenvalue weighted by molar-refractivity contribution is -0.155. The van der Waals surface area contributed by atoms with Gasteiger partial charge in [0, 0.05) is 13.0 Å². The maximum Gasteiger partial charge on any atom is 0.416 e. The lowest BCUT2D eigenvalue weighted by atomic mass is 9.74. The molecule has 2 aromatic rings. The van der Waals surface area contributed by atoms with E-state index in [-0.39, 0.29) is 50.1 Å². The molecule has 1 N–H and O–H groups in total. The summed E-state index contributed by atoms with van der Waals surface area (Å²) in [6, 6.07) is 9.82. The van der Waals surface area contributed by atoms with E-state index >= 15 is 0 Å². The largest absolute Gasteiger partial charge is 0.427 e. The molecule has 2 heterocycles. The number of piperidine rings is 1. The fourth-order valence-electron chi connectivity index (χ4n) is 5.82.